The molecule has 0 aliphatic carbocycles. The van der Waals surface area contributed by atoms with Crippen molar-refractivity contribution in [1.29, 1.82) is 0 Å². The lowest BCUT2D eigenvalue weighted by Crippen LogP contribution is -2.29. The summed E-state index contributed by atoms with van der Waals surface area (Å²) in [7, 11) is 0. The first-order valence-corrected chi connectivity index (χ1v) is 13.4. The fourth-order valence-corrected chi connectivity index (χ4v) is 3.95. The van der Waals surface area contributed by atoms with E-state index in [0.717, 1.165) is 35.1 Å². The van der Waals surface area contributed by atoms with Crippen molar-refractivity contribution < 1.29 is 24.1 Å². The summed E-state index contributed by atoms with van der Waals surface area (Å²) in [5, 5.41) is 11.0. The molecule has 0 fully saturated rings. The molecule has 3 aromatic carbocycles. The minimum atomic E-state index is -0.561. The predicted molar refractivity (Wildman–Crippen MR) is 154 cm³/mol. The Labute approximate surface area is 235 Å². The first kappa shape index (κ1) is 28.7. The van der Waals surface area contributed by atoms with Crippen LogP contribution in [0.3, 0.4) is 0 Å². The van der Waals surface area contributed by atoms with Gasteiger partial charge in [0.1, 0.15) is 18.1 Å². The zero-order valence-corrected chi connectivity index (χ0v) is 23.4. The maximum absolute atomic E-state index is 11.5. The highest BCUT2D eigenvalue weighted by molar-refractivity contribution is 5.70. The molecule has 0 radical (unpaired) electrons. The summed E-state index contributed by atoms with van der Waals surface area (Å²) >= 11 is 0. The Morgan fingerprint density at radius 3 is 1.93 bits per heavy atom. The number of benzene rings is 3. The monoisotopic (exact) mass is 541 g/mol. The molecule has 8 heteroatoms. The zero-order chi connectivity index (χ0) is 28.5. The molecule has 0 saturated heterocycles. The number of hydrogen-bond donors (Lipinski definition) is 1. The van der Waals surface area contributed by atoms with E-state index in [9.17, 15) is 9.90 Å². The average molecular weight is 542 g/mol. The molecule has 4 rings (SSSR count). The second-order valence-corrected chi connectivity index (χ2v) is 9.69. The van der Waals surface area contributed by atoms with Gasteiger partial charge in [-0.15, -0.1) is 0 Å². The summed E-state index contributed by atoms with van der Waals surface area (Å²) in [6, 6.07) is 20.8. The summed E-state index contributed by atoms with van der Waals surface area (Å²) in [4.78, 5) is 25.6. The molecule has 0 saturated carbocycles. The Hall–Kier alpha value is -4.30. The molecular weight excluding hydrogens is 506 g/mol. The number of ether oxygens (including phenoxy) is 3. The van der Waals surface area contributed by atoms with E-state index in [1.54, 1.807) is 12.1 Å². The summed E-state index contributed by atoms with van der Waals surface area (Å²) < 4.78 is 16.8. The number of rotatable bonds is 12. The quantitative estimate of drug-likeness (QED) is 0.164. The Kier molecular flexibility index (Phi) is 9.81. The molecule has 1 aromatic heterocycles. The van der Waals surface area contributed by atoms with Gasteiger partial charge in [0.2, 0.25) is 0 Å². The maximum Gasteiger partial charge on any atom is 0.303 e. The summed E-state index contributed by atoms with van der Waals surface area (Å²) in [5.74, 6) is 1.32. The van der Waals surface area contributed by atoms with Gasteiger partial charge >= 0.3 is 5.97 Å². The summed E-state index contributed by atoms with van der Waals surface area (Å²) in [5.41, 5.74) is 4.40. The Morgan fingerprint density at radius 2 is 1.40 bits per heavy atom. The number of carbonyl (C=O) groups is 1. The minimum Gasteiger partial charge on any atom is -0.507 e. The number of nitrogens with zero attached hydrogens (tertiary/aromatic N) is 3. The van der Waals surface area contributed by atoms with E-state index in [2.05, 4.69) is 6.92 Å². The second-order valence-electron chi connectivity index (χ2n) is 9.69. The lowest BCUT2D eigenvalue weighted by molar-refractivity contribution is -0.151. The number of phenolic OH excluding ortho intramolecular Hbond substituents is 1. The fourth-order valence-electron chi connectivity index (χ4n) is 3.95. The van der Waals surface area contributed by atoms with Crippen LogP contribution in [0.2, 0.25) is 0 Å². The van der Waals surface area contributed by atoms with Crippen LogP contribution in [0, 0.1) is 13.8 Å². The third kappa shape index (κ3) is 7.86. The van der Waals surface area contributed by atoms with E-state index in [1.165, 1.54) is 13.0 Å². The Balaban J connectivity index is 1.60. The van der Waals surface area contributed by atoms with Crippen LogP contribution in [-0.2, 0) is 14.3 Å². The van der Waals surface area contributed by atoms with Crippen LogP contribution in [0.5, 0.6) is 11.5 Å². The zero-order valence-electron chi connectivity index (χ0n) is 23.4. The second kappa shape index (κ2) is 13.7. The molecule has 208 valence electrons. The number of carbonyl (C=O) groups excluding carboxylic acids is 1. The van der Waals surface area contributed by atoms with Crippen LogP contribution in [0.1, 0.15) is 37.8 Å². The molecule has 1 heterocycles. The third-order valence-corrected chi connectivity index (χ3v) is 6.18. The van der Waals surface area contributed by atoms with E-state index in [0.29, 0.717) is 35.4 Å². The average Bonchev–Trinajstić information content (AvgIpc) is 2.94. The third-order valence-electron chi connectivity index (χ3n) is 6.18. The van der Waals surface area contributed by atoms with Gasteiger partial charge in [0.05, 0.1) is 12.2 Å². The molecule has 0 spiro atoms. The smallest absolute Gasteiger partial charge is 0.303 e. The van der Waals surface area contributed by atoms with Gasteiger partial charge in [0, 0.05) is 30.7 Å². The number of aromatic hydroxyl groups is 1. The van der Waals surface area contributed by atoms with Crippen LogP contribution in [0.4, 0.5) is 0 Å². The molecule has 40 heavy (non-hydrogen) atoms. The van der Waals surface area contributed by atoms with Crippen LogP contribution < -0.4 is 4.74 Å². The standard InChI is InChI=1S/C32H35N3O5/c1-5-6-17-38-19-27(40-23(4)36)20-39-26-15-16-28(29(37)18-26)32-34-30(24-11-7-21(2)8-12-24)33-31(35-32)25-13-9-22(3)10-14-25/h7-16,18,27,37H,5-6,17,19-20H2,1-4H3. The van der Waals surface area contributed by atoms with Gasteiger partial charge in [0.25, 0.3) is 0 Å². The van der Waals surface area contributed by atoms with Crippen molar-refractivity contribution >= 4 is 5.97 Å². The molecule has 4 aromatic rings. The number of hydrogen-bond acceptors (Lipinski definition) is 8. The van der Waals surface area contributed by atoms with Gasteiger partial charge < -0.3 is 19.3 Å². The largest absolute Gasteiger partial charge is 0.507 e. The Morgan fingerprint density at radius 1 is 0.825 bits per heavy atom. The molecule has 1 atom stereocenters. The van der Waals surface area contributed by atoms with Gasteiger partial charge in [-0.05, 0) is 32.4 Å². The van der Waals surface area contributed by atoms with Crippen molar-refractivity contribution in [3.05, 3.63) is 77.9 Å². The van der Waals surface area contributed by atoms with Gasteiger partial charge in [-0.25, -0.2) is 15.0 Å². The number of aromatic nitrogens is 3. The SMILES string of the molecule is CCCCOCC(COc1ccc(-c2nc(-c3ccc(C)cc3)nc(-c3ccc(C)cc3)n2)c(O)c1)OC(C)=O. The molecule has 0 amide bonds. The summed E-state index contributed by atoms with van der Waals surface area (Å²) in [6.07, 6.45) is 1.38. The molecular formula is C32H35N3O5. The van der Waals surface area contributed by atoms with Gasteiger partial charge in [-0.1, -0.05) is 73.0 Å². The minimum absolute atomic E-state index is 0.0448. The summed E-state index contributed by atoms with van der Waals surface area (Å²) in [6.45, 7) is 8.39. The number of phenols is 1. The predicted octanol–water partition coefficient (Wildman–Crippen LogP) is 6.32. The van der Waals surface area contributed by atoms with Gasteiger partial charge in [-0.3, -0.25) is 4.79 Å². The van der Waals surface area contributed by atoms with E-state index < -0.39 is 12.1 Å². The van der Waals surface area contributed by atoms with Crippen molar-refractivity contribution in [3.63, 3.8) is 0 Å². The lowest BCUT2D eigenvalue weighted by atomic mass is 10.1. The molecule has 1 N–H and O–H groups in total. The molecule has 0 aliphatic rings. The Bertz CT molecular complexity index is 1360. The van der Waals surface area contributed by atoms with E-state index in [1.807, 2.05) is 62.4 Å². The number of esters is 1. The maximum atomic E-state index is 11.5. The molecule has 0 aliphatic heterocycles. The van der Waals surface area contributed by atoms with Crippen molar-refractivity contribution in [3.8, 4) is 45.7 Å². The fraction of sp³-hybridized carbons (Fsp3) is 0.312. The van der Waals surface area contributed by atoms with Crippen molar-refractivity contribution in [2.24, 2.45) is 0 Å². The molecule has 8 nitrogen and oxygen atoms in total. The van der Waals surface area contributed by atoms with Crippen molar-refractivity contribution in [1.82, 2.24) is 15.0 Å². The van der Waals surface area contributed by atoms with Crippen LogP contribution in [0.25, 0.3) is 34.2 Å². The van der Waals surface area contributed by atoms with Crippen molar-refractivity contribution in [2.45, 2.75) is 46.6 Å². The topological polar surface area (TPSA) is 104 Å². The first-order chi connectivity index (χ1) is 19.3. The van der Waals surface area contributed by atoms with E-state index in [-0.39, 0.29) is 19.0 Å². The highest BCUT2D eigenvalue weighted by Gasteiger charge is 2.17. The highest BCUT2D eigenvalue weighted by atomic mass is 16.6. The van der Waals surface area contributed by atoms with Crippen molar-refractivity contribution in [2.75, 3.05) is 19.8 Å². The van der Waals surface area contributed by atoms with Gasteiger partial charge in [0.15, 0.2) is 23.6 Å². The normalized spacial score (nSPS) is 11.7. The van der Waals surface area contributed by atoms with E-state index in [4.69, 9.17) is 29.2 Å². The molecule has 0 bridgehead atoms. The lowest BCUT2D eigenvalue weighted by Gasteiger charge is -2.18. The first-order valence-electron chi connectivity index (χ1n) is 13.4. The van der Waals surface area contributed by atoms with Gasteiger partial charge in [-0.2, -0.15) is 0 Å². The number of aryl methyl sites for hydroxylation is 2. The van der Waals surface area contributed by atoms with Crippen LogP contribution >= 0.6 is 0 Å². The number of unbranched alkanes of at least 4 members (excludes halogenated alkanes) is 1. The molecule has 1 unspecified atom stereocenters. The van der Waals surface area contributed by atoms with E-state index >= 15 is 0 Å². The van der Waals surface area contributed by atoms with Crippen LogP contribution in [0.15, 0.2) is 66.7 Å². The highest BCUT2D eigenvalue weighted by Crippen LogP contribution is 2.33. The van der Waals surface area contributed by atoms with Crippen LogP contribution in [-0.4, -0.2) is 52.0 Å².